The molecule has 92 valence electrons. The summed E-state index contributed by atoms with van der Waals surface area (Å²) in [5, 5.41) is 0. The van der Waals surface area contributed by atoms with Crippen molar-refractivity contribution in [3.63, 3.8) is 0 Å². The summed E-state index contributed by atoms with van der Waals surface area (Å²) in [6.45, 7) is 4.52. The SMILES string of the molecule is CC1C(Br)C(=O)C(Br)C(C)C12CCCCC2. The van der Waals surface area contributed by atoms with Crippen molar-refractivity contribution in [2.45, 2.75) is 55.6 Å². The van der Waals surface area contributed by atoms with E-state index in [0.29, 0.717) is 23.0 Å². The van der Waals surface area contributed by atoms with Crippen LogP contribution in [0.15, 0.2) is 0 Å². The molecule has 1 spiro atoms. The summed E-state index contributed by atoms with van der Waals surface area (Å²) in [6, 6.07) is 0. The maximum atomic E-state index is 12.1. The van der Waals surface area contributed by atoms with Crippen molar-refractivity contribution in [1.29, 1.82) is 0 Å². The zero-order chi connectivity index (χ0) is 11.9. The first-order chi connectivity index (χ1) is 7.50. The Morgan fingerprint density at radius 1 is 1.00 bits per heavy atom. The predicted molar refractivity (Wildman–Crippen MR) is 74.3 cm³/mol. The van der Waals surface area contributed by atoms with Crippen LogP contribution in [0.2, 0.25) is 0 Å². The van der Waals surface area contributed by atoms with E-state index >= 15 is 0 Å². The number of hydrogen-bond acceptors (Lipinski definition) is 1. The summed E-state index contributed by atoms with van der Waals surface area (Å²) in [5.74, 6) is 1.30. The third-order valence-electron chi connectivity index (χ3n) is 5.02. The molecule has 2 fully saturated rings. The highest BCUT2D eigenvalue weighted by molar-refractivity contribution is 9.10. The molecule has 0 aromatic rings. The van der Waals surface area contributed by atoms with E-state index in [4.69, 9.17) is 0 Å². The number of alkyl halides is 2. The molecule has 1 nitrogen and oxygen atoms in total. The third kappa shape index (κ3) is 1.82. The molecule has 0 aromatic carbocycles. The van der Waals surface area contributed by atoms with Crippen LogP contribution in [0.5, 0.6) is 0 Å². The van der Waals surface area contributed by atoms with Crippen molar-refractivity contribution in [3.8, 4) is 0 Å². The average Bonchev–Trinajstić information content (AvgIpc) is 2.33. The first kappa shape index (κ1) is 13.1. The summed E-state index contributed by atoms with van der Waals surface area (Å²) in [7, 11) is 0. The zero-order valence-electron chi connectivity index (χ0n) is 10.0. The maximum Gasteiger partial charge on any atom is 0.160 e. The Hall–Kier alpha value is 0.630. The molecule has 2 rings (SSSR count). The highest BCUT2D eigenvalue weighted by atomic mass is 79.9. The molecule has 3 heteroatoms. The summed E-state index contributed by atoms with van der Waals surface area (Å²) in [4.78, 5) is 12.2. The lowest BCUT2D eigenvalue weighted by Crippen LogP contribution is -2.54. The largest absolute Gasteiger partial charge is 0.297 e. The molecular weight excluding hydrogens is 332 g/mol. The van der Waals surface area contributed by atoms with Crippen molar-refractivity contribution in [3.05, 3.63) is 0 Å². The minimum atomic E-state index is 0.0474. The van der Waals surface area contributed by atoms with Crippen molar-refractivity contribution in [1.82, 2.24) is 0 Å². The molecule has 0 aromatic heterocycles. The van der Waals surface area contributed by atoms with Gasteiger partial charge in [-0.3, -0.25) is 4.79 Å². The van der Waals surface area contributed by atoms with Crippen LogP contribution in [0.1, 0.15) is 46.0 Å². The van der Waals surface area contributed by atoms with Crippen LogP contribution in [0.4, 0.5) is 0 Å². The molecule has 0 heterocycles. The van der Waals surface area contributed by atoms with E-state index < -0.39 is 0 Å². The zero-order valence-corrected chi connectivity index (χ0v) is 13.2. The first-order valence-electron chi connectivity index (χ1n) is 6.32. The van der Waals surface area contributed by atoms with Gasteiger partial charge in [-0.1, -0.05) is 65.0 Å². The standard InChI is InChI=1S/C13H20Br2O/c1-8-10(14)12(16)11(15)9(2)13(8)6-4-3-5-7-13/h8-11H,3-7H2,1-2H3. The molecule has 2 saturated carbocycles. The van der Waals surface area contributed by atoms with Crippen LogP contribution in [-0.4, -0.2) is 15.4 Å². The van der Waals surface area contributed by atoms with Gasteiger partial charge < -0.3 is 0 Å². The van der Waals surface area contributed by atoms with E-state index in [1.807, 2.05) is 0 Å². The Morgan fingerprint density at radius 2 is 1.44 bits per heavy atom. The number of halogens is 2. The van der Waals surface area contributed by atoms with Gasteiger partial charge in [0.2, 0.25) is 0 Å². The van der Waals surface area contributed by atoms with Crippen LogP contribution in [0, 0.1) is 17.3 Å². The molecule has 0 saturated heterocycles. The number of ketones is 1. The van der Waals surface area contributed by atoms with E-state index in [2.05, 4.69) is 45.7 Å². The lowest BCUT2D eigenvalue weighted by Gasteiger charge is -2.53. The third-order valence-corrected chi connectivity index (χ3v) is 7.51. The van der Waals surface area contributed by atoms with Crippen molar-refractivity contribution >= 4 is 37.6 Å². The fourth-order valence-corrected chi connectivity index (χ4v) is 5.74. The molecule has 0 aliphatic heterocycles. The number of carbonyl (C=O) groups excluding carboxylic acids is 1. The van der Waals surface area contributed by atoms with Gasteiger partial charge in [-0.15, -0.1) is 0 Å². The smallest absolute Gasteiger partial charge is 0.160 e. The molecule has 0 bridgehead atoms. The Balaban J connectivity index is 2.31. The molecule has 2 aliphatic carbocycles. The van der Waals surface area contributed by atoms with Crippen LogP contribution in [0.3, 0.4) is 0 Å². The van der Waals surface area contributed by atoms with E-state index in [-0.39, 0.29) is 9.65 Å². The molecular formula is C13H20Br2O. The molecule has 0 radical (unpaired) electrons. The Kier molecular flexibility index (Phi) is 3.85. The Labute approximate surface area is 115 Å². The summed E-state index contributed by atoms with van der Waals surface area (Å²) in [6.07, 6.45) is 6.64. The van der Waals surface area contributed by atoms with Crippen molar-refractivity contribution in [2.75, 3.05) is 0 Å². The summed E-state index contributed by atoms with van der Waals surface area (Å²) >= 11 is 7.24. The number of rotatable bonds is 0. The van der Waals surface area contributed by atoms with E-state index in [9.17, 15) is 4.79 Å². The molecule has 4 atom stereocenters. The van der Waals surface area contributed by atoms with E-state index in [1.165, 1.54) is 32.1 Å². The second kappa shape index (κ2) is 4.72. The fraction of sp³-hybridized carbons (Fsp3) is 0.923. The van der Waals surface area contributed by atoms with Gasteiger partial charge in [-0.05, 0) is 30.1 Å². The normalized spacial score (nSPS) is 43.6. The molecule has 2 aliphatic rings. The number of hydrogen-bond donors (Lipinski definition) is 0. The lowest BCUT2D eigenvalue weighted by atomic mass is 9.55. The molecule has 0 N–H and O–H groups in total. The average molecular weight is 352 g/mol. The van der Waals surface area contributed by atoms with Crippen LogP contribution in [-0.2, 0) is 4.79 Å². The van der Waals surface area contributed by atoms with Gasteiger partial charge in [0.05, 0.1) is 9.65 Å². The molecule has 0 amide bonds. The quantitative estimate of drug-likeness (QED) is 0.594. The van der Waals surface area contributed by atoms with Gasteiger partial charge in [0.25, 0.3) is 0 Å². The van der Waals surface area contributed by atoms with Gasteiger partial charge in [-0.2, -0.15) is 0 Å². The van der Waals surface area contributed by atoms with Gasteiger partial charge in [0.15, 0.2) is 5.78 Å². The summed E-state index contributed by atoms with van der Waals surface area (Å²) < 4.78 is 0. The summed E-state index contributed by atoms with van der Waals surface area (Å²) in [5.41, 5.74) is 0.383. The van der Waals surface area contributed by atoms with E-state index in [0.717, 1.165) is 0 Å². The fourth-order valence-electron chi connectivity index (χ4n) is 3.76. The minimum absolute atomic E-state index is 0.0474. The molecule has 16 heavy (non-hydrogen) atoms. The first-order valence-corrected chi connectivity index (χ1v) is 8.16. The monoisotopic (exact) mass is 350 g/mol. The van der Waals surface area contributed by atoms with E-state index in [1.54, 1.807) is 0 Å². The Morgan fingerprint density at radius 3 is 1.88 bits per heavy atom. The second-order valence-electron chi connectivity index (χ2n) is 5.58. The van der Waals surface area contributed by atoms with Crippen molar-refractivity contribution in [2.24, 2.45) is 17.3 Å². The highest BCUT2D eigenvalue weighted by Gasteiger charge is 2.53. The number of carbonyl (C=O) groups is 1. The predicted octanol–water partition coefficient (Wildman–Crippen LogP) is 4.32. The highest BCUT2D eigenvalue weighted by Crippen LogP contribution is 2.56. The van der Waals surface area contributed by atoms with Gasteiger partial charge in [0.1, 0.15) is 0 Å². The molecule has 4 unspecified atom stereocenters. The van der Waals surface area contributed by atoms with Crippen molar-refractivity contribution < 1.29 is 4.79 Å². The minimum Gasteiger partial charge on any atom is -0.297 e. The Bertz CT molecular complexity index is 264. The maximum absolute atomic E-state index is 12.1. The second-order valence-corrected chi connectivity index (χ2v) is 7.55. The van der Waals surface area contributed by atoms with Crippen LogP contribution >= 0.6 is 31.9 Å². The van der Waals surface area contributed by atoms with Crippen LogP contribution in [0.25, 0.3) is 0 Å². The lowest BCUT2D eigenvalue weighted by molar-refractivity contribution is -0.127. The van der Waals surface area contributed by atoms with Crippen LogP contribution < -0.4 is 0 Å². The topological polar surface area (TPSA) is 17.1 Å². The van der Waals surface area contributed by atoms with Gasteiger partial charge in [0, 0.05) is 0 Å². The van der Waals surface area contributed by atoms with Gasteiger partial charge >= 0.3 is 0 Å². The number of Topliss-reactive ketones (excluding diaryl/α,β-unsaturated/α-hetero) is 1. The van der Waals surface area contributed by atoms with Gasteiger partial charge in [-0.25, -0.2) is 0 Å².